The molecule has 3 rings (SSSR count). The second-order valence-electron chi connectivity index (χ2n) is 7.77. The number of allylic oxidation sites excluding steroid dienone is 6. The van der Waals surface area contributed by atoms with Crippen LogP contribution in [0.5, 0.6) is 0 Å². The van der Waals surface area contributed by atoms with Crippen molar-refractivity contribution in [1.82, 2.24) is 0 Å². The van der Waals surface area contributed by atoms with E-state index in [1.165, 1.54) is 12.2 Å². The van der Waals surface area contributed by atoms with E-state index in [4.69, 9.17) is 0 Å². The van der Waals surface area contributed by atoms with Crippen molar-refractivity contribution in [2.24, 2.45) is 22.2 Å². The molecule has 0 aromatic heterocycles. The number of hydrogen-bond donors (Lipinski definition) is 0. The minimum Gasteiger partial charge on any atom is -0.293 e. The van der Waals surface area contributed by atoms with Crippen molar-refractivity contribution < 1.29 is 9.59 Å². The van der Waals surface area contributed by atoms with Gasteiger partial charge in [0.1, 0.15) is 12.1 Å². The fourth-order valence-electron chi connectivity index (χ4n) is 4.91. The van der Waals surface area contributed by atoms with Crippen LogP contribution in [0.3, 0.4) is 0 Å². The van der Waals surface area contributed by atoms with Gasteiger partial charge in [-0.2, -0.15) is 15.8 Å². The van der Waals surface area contributed by atoms with Gasteiger partial charge in [0.05, 0.1) is 22.6 Å². The summed E-state index contributed by atoms with van der Waals surface area (Å²) in [6.07, 6.45) is 5.51. The highest BCUT2D eigenvalue weighted by molar-refractivity contribution is 6.09. The summed E-state index contributed by atoms with van der Waals surface area (Å²) >= 11 is 0. The number of carbonyl (C=O) groups excluding carboxylic acids is 2. The van der Waals surface area contributed by atoms with Gasteiger partial charge in [0.15, 0.2) is 11.6 Å². The Hall–Kier alpha value is -2.97. The molecule has 1 fully saturated rings. The minimum atomic E-state index is -1.04. The second-order valence-corrected chi connectivity index (χ2v) is 7.77. The first-order valence-corrected chi connectivity index (χ1v) is 8.15. The Bertz CT molecular complexity index is 929. The van der Waals surface area contributed by atoms with E-state index in [9.17, 15) is 25.4 Å². The lowest BCUT2D eigenvalue weighted by molar-refractivity contribution is -0.130. The average Bonchev–Trinajstić information content (AvgIpc) is 2.58. The molecular formula is C20H17N3O2. The quantitative estimate of drug-likeness (QED) is 0.678. The Morgan fingerprint density at radius 1 is 1.04 bits per heavy atom. The fourth-order valence-corrected chi connectivity index (χ4v) is 4.91. The molecule has 3 atom stereocenters. The van der Waals surface area contributed by atoms with Gasteiger partial charge in [-0.1, -0.05) is 26.8 Å². The van der Waals surface area contributed by atoms with E-state index in [0.717, 1.165) is 0 Å². The maximum absolute atomic E-state index is 12.7. The number of carbonyl (C=O) groups is 2. The van der Waals surface area contributed by atoms with Gasteiger partial charge in [-0.15, -0.1) is 0 Å². The highest BCUT2D eigenvalue weighted by atomic mass is 16.1. The predicted molar refractivity (Wildman–Crippen MR) is 88.1 cm³/mol. The number of Topliss-reactive ketones (excluding diaryl/α,β-unsaturated/α-hetero) is 1. The number of rotatable bonds is 0. The number of nitriles is 3. The normalized spacial score (nSPS) is 35.7. The van der Waals surface area contributed by atoms with Gasteiger partial charge in [-0.3, -0.25) is 9.59 Å². The largest absolute Gasteiger partial charge is 0.293 e. The first-order chi connectivity index (χ1) is 11.7. The second kappa shape index (κ2) is 5.01. The zero-order chi connectivity index (χ0) is 18.6. The molecule has 0 spiro atoms. The summed E-state index contributed by atoms with van der Waals surface area (Å²) in [6, 6.07) is 6.13. The van der Waals surface area contributed by atoms with Gasteiger partial charge < -0.3 is 0 Å². The van der Waals surface area contributed by atoms with Crippen molar-refractivity contribution in [3.8, 4) is 18.2 Å². The van der Waals surface area contributed by atoms with Crippen LogP contribution in [0.25, 0.3) is 0 Å². The van der Waals surface area contributed by atoms with Crippen molar-refractivity contribution in [3.05, 3.63) is 34.9 Å². The zero-order valence-corrected chi connectivity index (χ0v) is 14.4. The van der Waals surface area contributed by atoms with E-state index in [2.05, 4.69) is 6.07 Å². The molecule has 124 valence electrons. The molecule has 0 aromatic rings. The molecule has 3 aliphatic rings. The zero-order valence-electron chi connectivity index (χ0n) is 14.4. The summed E-state index contributed by atoms with van der Waals surface area (Å²) in [5, 5.41) is 28.5. The maximum Gasteiger partial charge on any atom is 0.196 e. The number of nitrogens with zero attached hydrogens (tertiary/aromatic N) is 3. The average molecular weight is 331 g/mol. The lowest BCUT2D eigenvalue weighted by Gasteiger charge is -2.55. The third kappa shape index (κ3) is 1.98. The Labute approximate surface area is 146 Å². The number of fused-ring (bicyclic) bond motifs is 3. The molecule has 5 nitrogen and oxygen atoms in total. The van der Waals surface area contributed by atoms with Crippen molar-refractivity contribution in [1.29, 1.82) is 15.8 Å². The molecule has 0 amide bonds. The molecule has 25 heavy (non-hydrogen) atoms. The smallest absolute Gasteiger partial charge is 0.196 e. The van der Waals surface area contributed by atoms with Gasteiger partial charge in [0.25, 0.3) is 0 Å². The Kier molecular flexibility index (Phi) is 3.38. The monoisotopic (exact) mass is 331 g/mol. The molecule has 3 aliphatic carbocycles. The molecule has 0 bridgehead atoms. The van der Waals surface area contributed by atoms with Gasteiger partial charge >= 0.3 is 0 Å². The van der Waals surface area contributed by atoms with Crippen LogP contribution >= 0.6 is 0 Å². The summed E-state index contributed by atoms with van der Waals surface area (Å²) in [5.41, 5.74) is -1.93. The highest BCUT2D eigenvalue weighted by Crippen LogP contribution is 2.63. The Morgan fingerprint density at radius 2 is 1.68 bits per heavy atom. The van der Waals surface area contributed by atoms with Crippen molar-refractivity contribution in [2.75, 3.05) is 0 Å². The van der Waals surface area contributed by atoms with Crippen LogP contribution in [0.2, 0.25) is 0 Å². The minimum absolute atomic E-state index is 0.0250. The van der Waals surface area contributed by atoms with Crippen LogP contribution < -0.4 is 0 Å². The van der Waals surface area contributed by atoms with Crippen molar-refractivity contribution in [2.45, 2.75) is 33.6 Å². The highest BCUT2D eigenvalue weighted by Gasteiger charge is 2.60. The van der Waals surface area contributed by atoms with Crippen LogP contribution in [0.1, 0.15) is 33.6 Å². The molecule has 0 N–H and O–H groups in total. The molecule has 0 heterocycles. The van der Waals surface area contributed by atoms with Crippen LogP contribution in [-0.2, 0) is 9.59 Å². The van der Waals surface area contributed by atoms with E-state index in [1.54, 1.807) is 6.08 Å². The molecule has 0 radical (unpaired) electrons. The van der Waals surface area contributed by atoms with Crippen LogP contribution in [0, 0.1) is 56.2 Å². The van der Waals surface area contributed by atoms with Crippen LogP contribution in [-0.4, -0.2) is 11.6 Å². The van der Waals surface area contributed by atoms with E-state index in [-0.39, 0.29) is 22.8 Å². The molecule has 0 aliphatic heterocycles. The van der Waals surface area contributed by atoms with E-state index >= 15 is 0 Å². The molecule has 5 heteroatoms. The van der Waals surface area contributed by atoms with E-state index in [1.807, 2.05) is 32.9 Å². The van der Waals surface area contributed by atoms with E-state index < -0.39 is 22.0 Å². The summed E-state index contributed by atoms with van der Waals surface area (Å²) in [4.78, 5) is 25.0. The van der Waals surface area contributed by atoms with Gasteiger partial charge in [-0.05, 0) is 36.5 Å². The first kappa shape index (κ1) is 16.9. The van der Waals surface area contributed by atoms with Crippen molar-refractivity contribution in [3.63, 3.8) is 0 Å². The topological polar surface area (TPSA) is 106 Å². The molecule has 0 saturated heterocycles. The first-order valence-electron chi connectivity index (χ1n) is 8.15. The lowest BCUT2D eigenvalue weighted by atomic mass is 9.45. The van der Waals surface area contributed by atoms with Gasteiger partial charge in [-0.25, -0.2) is 0 Å². The molecule has 1 saturated carbocycles. The van der Waals surface area contributed by atoms with Crippen LogP contribution in [0.4, 0.5) is 0 Å². The molecule has 3 unspecified atom stereocenters. The predicted octanol–water partition coefficient (Wildman–Crippen LogP) is 2.93. The standard InChI is InChI=1S/C20H17N3O2/c1-18(2)15-4-5-20(11-23)8-12(9-21)14(24)6-16(20)19(15,3)7-13(10-22)17(18)25/h6-8,15H,4-5H2,1-3H3. The van der Waals surface area contributed by atoms with Crippen LogP contribution in [0.15, 0.2) is 34.9 Å². The molecular weight excluding hydrogens is 314 g/mol. The molecule has 0 aromatic carbocycles. The third-order valence-corrected chi connectivity index (χ3v) is 6.13. The summed E-state index contributed by atoms with van der Waals surface area (Å²) in [7, 11) is 0. The third-order valence-electron chi connectivity index (χ3n) is 6.13. The van der Waals surface area contributed by atoms with Crippen molar-refractivity contribution >= 4 is 11.6 Å². The number of hydrogen-bond acceptors (Lipinski definition) is 5. The Morgan fingerprint density at radius 3 is 2.24 bits per heavy atom. The summed E-state index contributed by atoms with van der Waals surface area (Å²) in [5.74, 6) is -0.744. The number of ketones is 2. The SMILES string of the molecule is CC1(C)C(=O)C(C#N)=CC2(C)C3=CC(=O)C(C#N)=CC3(C#N)CCC12. The fraction of sp³-hybridized carbons (Fsp3) is 0.450. The lowest BCUT2D eigenvalue weighted by Crippen LogP contribution is -2.53. The maximum atomic E-state index is 12.7. The Balaban J connectivity index is 2.31. The van der Waals surface area contributed by atoms with Gasteiger partial charge in [0.2, 0.25) is 0 Å². The van der Waals surface area contributed by atoms with E-state index in [0.29, 0.717) is 18.4 Å². The van der Waals surface area contributed by atoms with Gasteiger partial charge in [0, 0.05) is 10.8 Å². The summed E-state index contributed by atoms with van der Waals surface area (Å²) < 4.78 is 0. The summed E-state index contributed by atoms with van der Waals surface area (Å²) in [6.45, 7) is 5.53.